The van der Waals surface area contributed by atoms with Gasteiger partial charge in [0, 0.05) is 11.1 Å². The van der Waals surface area contributed by atoms with Crippen LogP contribution < -0.4 is 4.74 Å². The summed E-state index contributed by atoms with van der Waals surface area (Å²) in [6.07, 6.45) is 3.81. The summed E-state index contributed by atoms with van der Waals surface area (Å²) in [7, 11) is 0. The summed E-state index contributed by atoms with van der Waals surface area (Å²) >= 11 is 0. The Morgan fingerprint density at radius 1 is 0.719 bits per heavy atom. The van der Waals surface area contributed by atoms with Crippen LogP contribution in [0.15, 0.2) is 54.6 Å². The lowest BCUT2D eigenvalue weighted by Gasteiger charge is -2.14. The second kappa shape index (κ2) is 14.0. The molecule has 0 heterocycles. The minimum absolute atomic E-state index is 0.0129. The number of carbonyl (C=O) groups excluding carboxylic acids is 3. The lowest BCUT2D eigenvalue weighted by molar-refractivity contribution is -0.162. The third-order valence-corrected chi connectivity index (χ3v) is 4.95. The van der Waals surface area contributed by atoms with Gasteiger partial charge in [-0.2, -0.15) is 0 Å². The fourth-order valence-electron chi connectivity index (χ4n) is 3.27. The first kappa shape index (κ1) is 25.1. The molecule has 0 N–H and O–H groups in total. The number of ketones is 1. The van der Waals surface area contributed by atoms with Crippen molar-refractivity contribution in [1.29, 1.82) is 0 Å². The minimum Gasteiger partial charge on any atom is -0.494 e. The average Bonchev–Trinajstić information content (AvgIpc) is 2.81. The quantitative estimate of drug-likeness (QED) is 0.178. The second-order valence-electron chi connectivity index (χ2n) is 7.33. The first-order valence-electron chi connectivity index (χ1n) is 11.2. The topological polar surface area (TPSA) is 78.9 Å². The highest BCUT2D eigenvalue weighted by Gasteiger charge is 2.28. The van der Waals surface area contributed by atoms with Crippen LogP contribution >= 0.6 is 0 Å². The lowest BCUT2D eigenvalue weighted by atomic mass is 10.0. The molecule has 0 spiro atoms. The predicted molar refractivity (Wildman–Crippen MR) is 122 cm³/mol. The van der Waals surface area contributed by atoms with E-state index in [-0.39, 0.29) is 19.0 Å². The Kier molecular flexibility index (Phi) is 11.0. The molecule has 32 heavy (non-hydrogen) atoms. The van der Waals surface area contributed by atoms with Gasteiger partial charge in [-0.05, 0) is 51.0 Å². The third kappa shape index (κ3) is 8.17. The van der Waals surface area contributed by atoms with Crippen LogP contribution in [0.5, 0.6) is 5.75 Å². The van der Waals surface area contributed by atoms with Gasteiger partial charge in [-0.1, -0.05) is 49.6 Å². The molecule has 6 nitrogen and oxygen atoms in total. The maximum atomic E-state index is 12.4. The molecule has 0 unspecified atom stereocenters. The first-order chi connectivity index (χ1) is 15.6. The van der Waals surface area contributed by atoms with Crippen molar-refractivity contribution >= 4 is 17.7 Å². The van der Waals surface area contributed by atoms with Gasteiger partial charge in [-0.25, -0.2) is 0 Å². The largest absolute Gasteiger partial charge is 0.494 e. The molecule has 2 aromatic rings. The van der Waals surface area contributed by atoms with Crippen molar-refractivity contribution in [3.05, 3.63) is 65.7 Å². The Morgan fingerprint density at radius 3 is 1.88 bits per heavy atom. The van der Waals surface area contributed by atoms with Crippen molar-refractivity contribution in [3.63, 3.8) is 0 Å². The van der Waals surface area contributed by atoms with Crippen LogP contribution in [-0.4, -0.2) is 37.5 Å². The maximum Gasteiger partial charge on any atom is 0.320 e. The molecule has 0 saturated carbocycles. The van der Waals surface area contributed by atoms with E-state index in [4.69, 9.17) is 14.2 Å². The Hall–Kier alpha value is -3.15. The molecule has 0 saturated heterocycles. The molecule has 0 aliphatic carbocycles. The van der Waals surface area contributed by atoms with E-state index < -0.39 is 17.9 Å². The Morgan fingerprint density at radius 2 is 1.28 bits per heavy atom. The van der Waals surface area contributed by atoms with Crippen molar-refractivity contribution in [2.24, 2.45) is 5.92 Å². The Bertz CT molecular complexity index is 826. The molecule has 0 aliphatic rings. The molecule has 2 aromatic carbocycles. The molecule has 2 rings (SSSR count). The van der Waals surface area contributed by atoms with Gasteiger partial charge >= 0.3 is 11.9 Å². The molecule has 0 radical (unpaired) electrons. The van der Waals surface area contributed by atoms with E-state index in [9.17, 15) is 14.4 Å². The van der Waals surface area contributed by atoms with Gasteiger partial charge in [-0.15, -0.1) is 0 Å². The molecule has 0 aromatic heterocycles. The van der Waals surface area contributed by atoms with Gasteiger partial charge in [0.2, 0.25) is 0 Å². The van der Waals surface area contributed by atoms with E-state index in [1.807, 2.05) is 18.2 Å². The van der Waals surface area contributed by atoms with Crippen LogP contribution in [0, 0.1) is 5.92 Å². The SMILES string of the molecule is CCOC(=O)C(CCCCCCOc1ccc(C(=O)c2ccccc2)cc1)C(=O)OCC. The van der Waals surface area contributed by atoms with Crippen molar-refractivity contribution in [1.82, 2.24) is 0 Å². The molecule has 6 heteroatoms. The molecule has 0 amide bonds. The zero-order valence-corrected chi connectivity index (χ0v) is 18.9. The molecular weight excluding hydrogens is 408 g/mol. The average molecular weight is 441 g/mol. The molecule has 0 fully saturated rings. The first-order valence-corrected chi connectivity index (χ1v) is 11.2. The normalized spacial score (nSPS) is 10.6. The molecule has 0 atom stereocenters. The third-order valence-electron chi connectivity index (χ3n) is 4.95. The van der Waals surface area contributed by atoms with Crippen LogP contribution in [0.1, 0.15) is 61.9 Å². The second-order valence-corrected chi connectivity index (χ2v) is 7.33. The summed E-state index contributed by atoms with van der Waals surface area (Å²) < 4.78 is 15.7. The van der Waals surface area contributed by atoms with E-state index in [1.54, 1.807) is 50.2 Å². The van der Waals surface area contributed by atoms with E-state index in [0.717, 1.165) is 31.4 Å². The van der Waals surface area contributed by atoms with Gasteiger partial charge in [0.25, 0.3) is 0 Å². The fourth-order valence-corrected chi connectivity index (χ4v) is 3.27. The van der Waals surface area contributed by atoms with Gasteiger partial charge in [0.1, 0.15) is 5.75 Å². The Balaban J connectivity index is 1.67. The number of hydrogen-bond donors (Lipinski definition) is 0. The maximum absolute atomic E-state index is 12.4. The number of benzene rings is 2. The minimum atomic E-state index is -0.844. The standard InChI is InChI=1S/C26H32O6/c1-3-30-25(28)23(26(29)31-4-2)14-10-5-6-11-19-32-22-17-15-21(16-18-22)24(27)20-12-8-7-9-13-20/h7-9,12-13,15-18,23H,3-6,10-11,14,19H2,1-2H3. The number of hydrogen-bond acceptors (Lipinski definition) is 6. The van der Waals surface area contributed by atoms with Crippen LogP contribution in [0.4, 0.5) is 0 Å². The van der Waals surface area contributed by atoms with Crippen molar-refractivity contribution in [3.8, 4) is 5.75 Å². The Labute approximate surface area is 189 Å². The summed E-state index contributed by atoms with van der Waals surface area (Å²) in [6.45, 7) is 4.48. The highest BCUT2D eigenvalue weighted by molar-refractivity contribution is 6.08. The van der Waals surface area contributed by atoms with E-state index in [2.05, 4.69) is 0 Å². The zero-order chi connectivity index (χ0) is 23.2. The molecule has 172 valence electrons. The molecule has 0 aliphatic heterocycles. The lowest BCUT2D eigenvalue weighted by Crippen LogP contribution is -2.28. The number of ether oxygens (including phenoxy) is 3. The van der Waals surface area contributed by atoms with Crippen LogP contribution in [-0.2, 0) is 19.1 Å². The van der Waals surface area contributed by atoms with Crippen molar-refractivity contribution in [2.75, 3.05) is 19.8 Å². The van der Waals surface area contributed by atoms with Crippen LogP contribution in [0.3, 0.4) is 0 Å². The van der Waals surface area contributed by atoms with Crippen LogP contribution in [0.25, 0.3) is 0 Å². The molecular formula is C26H32O6. The summed E-state index contributed by atoms with van der Waals surface area (Å²) in [6, 6.07) is 16.3. The van der Waals surface area contributed by atoms with Gasteiger partial charge in [0.15, 0.2) is 11.7 Å². The zero-order valence-electron chi connectivity index (χ0n) is 18.9. The van der Waals surface area contributed by atoms with Gasteiger partial charge in [0.05, 0.1) is 19.8 Å². The predicted octanol–water partition coefficient (Wildman–Crippen LogP) is 4.99. The summed E-state index contributed by atoms with van der Waals surface area (Å²) in [5, 5.41) is 0. The monoisotopic (exact) mass is 440 g/mol. The summed E-state index contributed by atoms with van der Waals surface area (Å²) in [5.74, 6) is -1.16. The van der Waals surface area contributed by atoms with E-state index in [0.29, 0.717) is 24.2 Å². The number of rotatable bonds is 14. The smallest absolute Gasteiger partial charge is 0.320 e. The molecule has 0 bridgehead atoms. The van der Waals surface area contributed by atoms with E-state index in [1.165, 1.54) is 0 Å². The van der Waals surface area contributed by atoms with Gasteiger partial charge in [-0.3, -0.25) is 14.4 Å². The number of esters is 2. The highest BCUT2D eigenvalue weighted by Crippen LogP contribution is 2.17. The van der Waals surface area contributed by atoms with Crippen molar-refractivity contribution in [2.45, 2.75) is 46.0 Å². The van der Waals surface area contributed by atoms with E-state index >= 15 is 0 Å². The fraction of sp³-hybridized carbons (Fsp3) is 0.423. The van der Waals surface area contributed by atoms with Crippen LogP contribution in [0.2, 0.25) is 0 Å². The summed E-state index contributed by atoms with van der Waals surface area (Å²) in [5.41, 5.74) is 1.29. The van der Waals surface area contributed by atoms with Gasteiger partial charge < -0.3 is 14.2 Å². The number of unbranched alkanes of at least 4 members (excludes halogenated alkanes) is 3. The highest BCUT2D eigenvalue weighted by atomic mass is 16.6. The number of carbonyl (C=O) groups is 3. The summed E-state index contributed by atoms with van der Waals surface area (Å²) in [4.78, 5) is 36.4. The van der Waals surface area contributed by atoms with Crippen molar-refractivity contribution < 1.29 is 28.6 Å².